The molecular formula is C27H32N6O3S. The van der Waals surface area contributed by atoms with E-state index in [9.17, 15) is 14.7 Å². The second kappa shape index (κ2) is 9.50. The van der Waals surface area contributed by atoms with Crippen molar-refractivity contribution in [1.82, 2.24) is 25.0 Å². The average Bonchev–Trinajstić information content (AvgIpc) is 3.62. The predicted octanol–water partition coefficient (Wildman–Crippen LogP) is 3.00. The summed E-state index contributed by atoms with van der Waals surface area (Å²) >= 11 is 1.58. The zero-order chi connectivity index (χ0) is 26.5. The Balaban J connectivity index is 1.43. The Hall–Kier alpha value is -3.37. The standard InChI is InChI=1S/C27H32N6O3S/c1-15(2)22(18-11-29-32(5)12-18)25(35)33-13-20(34)10-21(33)24-30-26(36)27(4,31-24)19-8-6-17(7-9-19)23-16(3)28-14-37-23/h6-9,11-12,14-15,20-22,34H,10,13H2,1-5H3,(H,30,31,36)/t20?,21?,22?,27-/m1/s1. The molecule has 9 nitrogen and oxygen atoms in total. The van der Waals surface area contributed by atoms with Crippen molar-refractivity contribution in [1.29, 1.82) is 0 Å². The minimum Gasteiger partial charge on any atom is -0.391 e. The van der Waals surface area contributed by atoms with Gasteiger partial charge in [-0.05, 0) is 30.9 Å². The normalized spacial score (nSPS) is 24.5. The molecule has 194 valence electrons. The first kappa shape index (κ1) is 25.3. The first-order valence-corrected chi connectivity index (χ1v) is 13.4. The van der Waals surface area contributed by atoms with Crippen LogP contribution in [0.15, 0.2) is 47.2 Å². The third kappa shape index (κ3) is 4.48. The lowest BCUT2D eigenvalue weighted by Gasteiger charge is -2.30. The zero-order valence-electron chi connectivity index (χ0n) is 21.7. The molecule has 10 heteroatoms. The van der Waals surface area contributed by atoms with E-state index in [1.54, 1.807) is 34.0 Å². The molecule has 1 fully saturated rings. The molecule has 1 aromatic carbocycles. The molecule has 1 saturated heterocycles. The molecule has 2 N–H and O–H groups in total. The number of benzene rings is 1. The van der Waals surface area contributed by atoms with Gasteiger partial charge in [-0.1, -0.05) is 38.1 Å². The van der Waals surface area contributed by atoms with Crippen LogP contribution in [0.25, 0.3) is 10.4 Å². The third-order valence-corrected chi connectivity index (χ3v) is 8.35. The molecule has 0 radical (unpaired) electrons. The fourth-order valence-corrected chi connectivity index (χ4v) is 6.16. The maximum absolute atomic E-state index is 13.8. The first-order valence-electron chi connectivity index (χ1n) is 12.5. The van der Waals surface area contributed by atoms with Crippen LogP contribution in [0.5, 0.6) is 0 Å². The summed E-state index contributed by atoms with van der Waals surface area (Å²) in [6.45, 7) is 7.96. The van der Waals surface area contributed by atoms with Crippen LogP contribution < -0.4 is 5.32 Å². The number of nitrogens with one attached hydrogen (secondary N) is 1. The second-order valence-electron chi connectivity index (χ2n) is 10.4. The van der Waals surface area contributed by atoms with Gasteiger partial charge in [0.15, 0.2) is 5.54 Å². The van der Waals surface area contributed by atoms with Crippen molar-refractivity contribution >= 4 is 29.0 Å². The van der Waals surface area contributed by atoms with Crippen molar-refractivity contribution in [2.24, 2.45) is 18.0 Å². The largest absolute Gasteiger partial charge is 0.391 e. The van der Waals surface area contributed by atoms with Crippen LogP contribution in [0.3, 0.4) is 0 Å². The van der Waals surface area contributed by atoms with Gasteiger partial charge in [-0.25, -0.2) is 9.98 Å². The van der Waals surface area contributed by atoms with E-state index in [1.807, 2.05) is 63.8 Å². The topological polar surface area (TPSA) is 113 Å². The number of aliphatic hydroxyl groups is 1. The van der Waals surface area contributed by atoms with E-state index in [2.05, 4.69) is 15.4 Å². The number of amides is 2. The number of hydrogen-bond donors (Lipinski definition) is 2. The summed E-state index contributed by atoms with van der Waals surface area (Å²) in [5.74, 6) is -0.298. The number of aromatic nitrogens is 3. The lowest BCUT2D eigenvalue weighted by atomic mass is 9.89. The Bertz CT molecular complexity index is 1360. The molecule has 2 aliphatic rings. The van der Waals surface area contributed by atoms with Gasteiger partial charge < -0.3 is 15.3 Å². The van der Waals surface area contributed by atoms with Crippen LogP contribution >= 0.6 is 11.3 Å². The summed E-state index contributed by atoms with van der Waals surface area (Å²) in [4.78, 5) is 39.0. The van der Waals surface area contributed by atoms with Crippen LogP contribution in [0.1, 0.15) is 49.9 Å². The molecule has 0 bridgehead atoms. The summed E-state index contributed by atoms with van der Waals surface area (Å²) < 4.78 is 1.68. The van der Waals surface area contributed by atoms with Gasteiger partial charge in [0.2, 0.25) is 5.91 Å². The van der Waals surface area contributed by atoms with Gasteiger partial charge in [0, 0.05) is 31.8 Å². The molecule has 4 heterocycles. The molecule has 4 atom stereocenters. The molecule has 37 heavy (non-hydrogen) atoms. The Labute approximate surface area is 220 Å². The molecule has 0 saturated carbocycles. The van der Waals surface area contributed by atoms with Crippen molar-refractivity contribution in [2.45, 2.75) is 57.7 Å². The molecule has 3 aromatic rings. The van der Waals surface area contributed by atoms with Crippen LogP contribution in [-0.2, 0) is 22.2 Å². The fraction of sp³-hybridized carbons (Fsp3) is 0.444. The molecule has 2 amide bonds. The second-order valence-corrected chi connectivity index (χ2v) is 11.3. The number of likely N-dealkylation sites (tertiary alicyclic amines) is 1. The number of rotatable bonds is 6. The summed E-state index contributed by atoms with van der Waals surface area (Å²) in [6, 6.07) is 7.30. The van der Waals surface area contributed by atoms with Gasteiger partial charge in [0.25, 0.3) is 5.91 Å². The Kier molecular flexibility index (Phi) is 6.49. The van der Waals surface area contributed by atoms with Gasteiger partial charge in [-0.2, -0.15) is 5.10 Å². The smallest absolute Gasteiger partial charge is 0.257 e. The van der Waals surface area contributed by atoms with Crippen LogP contribution in [0.2, 0.25) is 0 Å². The predicted molar refractivity (Wildman–Crippen MR) is 142 cm³/mol. The average molecular weight is 521 g/mol. The molecule has 3 unspecified atom stereocenters. The third-order valence-electron chi connectivity index (χ3n) is 7.38. The van der Waals surface area contributed by atoms with Crippen LogP contribution in [0, 0.1) is 12.8 Å². The van der Waals surface area contributed by atoms with E-state index in [1.165, 1.54) is 0 Å². The maximum Gasteiger partial charge on any atom is 0.257 e. The quantitative estimate of drug-likeness (QED) is 0.519. The summed E-state index contributed by atoms with van der Waals surface area (Å²) in [5.41, 5.74) is 4.31. The molecule has 0 spiro atoms. The zero-order valence-corrected chi connectivity index (χ0v) is 22.5. The summed E-state index contributed by atoms with van der Waals surface area (Å²) in [7, 11) is 1.82. The van der Waals surface area contributed by atoms with E-state index in [0.29, 0.717) is 12.3 Å². The number of carbonyl (C=O) groups excluding carboxylic acids is 2. The molecular weight excluding hydrogens is 488 g/mol. The lowest BCUT2D eigenvalue weighted by Crippen LogP contribution is -2.48. The van der Waals surface area contributed by atoms with Crippen LogP contribution in [-0.4, -0.2) is 61.1 Å². The Morgan fingerprint density at radius 1 is 1.27 bits per heavy atom. The van der Waals surface area contributed by atoms with Crippen molar-refractivity contribution < 1.29 is 14.7 Å². The maximum atomic E-state index is 13.8. The highest BCUT2D eigenvalue weighted by molar-refractivity contribution is 7.13. The molecule has 2 aromatic heterocycles. The highest BCUT2D eigenvalue weighted by Gasteiger charge is 2.48. The van der Waals surface area contributed by atoms with E-state index in [-0.39, 0.29) is 24.3 Å². The number of carbonyl (C=O) groups is 2. The Morgan fingerprint density at radius 3 is 2.59 bits per heavy atom. The number of thiazole rings is 1. The lowest BCUT2D eigenvalue weighted by molar-refractivity contribution is -0.134. The highest BCUT2D eigenvalue weighted by atomic mass is 32.1. The van der Waals surface area contributed by atoms with Crippen molar-refractivity contribution in [3.63, 3.8) is 0 Å². The minimum absolute atomic E-state index is 0.0289. The molecule has 2 aliphatic heterocycles. The fourth-order valence-electron chi connectivity index (χ4n) is 5.34. The van der Waals surface area contributed by atoms with E-state index in [4.69, 9.17) is 4.99 Å². The van der Waals surface area contributed by atoms with E-state index < -0.39 is 23.6 Å². The van der Waals surface area contributed by atoms with Crippen LogP contribution in [0.4, 0.5) is 0 Å². The number of hydrogen-bond acceptors (Lipinski definition) is 7. The number of aliphatic imine (C=N–C) groups is 1. The van der Waals surface area contributed by atoms with Gasteiger partial charge in [0.1, 0.15) is 5.84 Å². The number of β-amino-alcohol motifs (C(OH)–C–C–N with tert-alkyl or cyclic N) is 1. The number of aryl methyl sites for hydroxylation is 2. The summed E-state index contributed by atoms with van der Waals surface area (Å²) in [6.07, 6.45) is 3.20. The van der Waals surface area contributed by atoms with Crippen molar-refractivity contribution in [3.8, 4) is 10.4 Å². The SMILES string of the molecule is Cc1ncsc1-c1ccc([C@@]2(C)N=C(C3CC(O)CN3C(=O)C(c3cnn(C)c3)C(C)C)NC2=O)cc1. The number of nitrogens with zero attached hydrogens (tertiary/aromatic N) is 5. The van der Waals surface area contributed by atoms with Crippen molar-refractivity contribution in [3.05, 3.63) is 59.0 Å². The first-order chi connectivity index (χ1) is 17.6. The van der Waals surface area contributed by atoms with Gasteiger partial charge in [0.05, 0.1) is 40.3 Å². The van der Waals surface area contributed by atoms with Gasteiger partial charge in [-0.3, -0.25) is 14.3 Å². The number of aliphatic hydroxyl groups excluding tert-OH is 1. The molecule has 5 rings (SSSR count). The van der Waals surface area contributed by atoms with Gasteiger partial charge in [-0.15, -0.1) is 11.3 Å². The van der Waals surface area contributed by atoms with E-state index in [0.717, 1.165) is 27.3 Å². The molecule has 0 aliphatic carbocycles. The van der Waals surface area contributed by atoms with E-state index >= 15 is 0 Å². The number of amidine groups is 1. The van der Waals surface area contributed by atoms with Crippen molar-refractivity contribution in [2.75, 3.05) is 6.54 Å². The summed E-state index contributed by atoms with van der Waals surface area (Å²) in [5, 5.41) is 17.7. The van der Waals surface area contributed by atoms with Gasteiger partial charge >= 0.3 is 0 Å². The monoisotopic (exact) mass is 520 g/mol. The Morgan fingerprint density at radius 2 is 2.00 bits per heavy atom. The minimum atomic E-state index is -1.13. The highest BCUT2D eigenvalue weighted by Crippen LogP contribution is 2.36.